The molecule has 0 fully saturated rings. The number of aromatic nitrogens is 2. The molecule has 0 bridgehead atoms. The Morgan fingerprint density at radius 3 is 2.91 bits per heavy atom. The van der Waals surface area contributed by atoms with E-state index >= 15 is 0 Å². The van der Waals surface area contributed by atoms with Crippen LogP contribution in [0.5, 0.6) is 5.88 Å². The molecule has 1 rings (SSSR count). The Bertz CT molecular complexity index is 255. The second-order valence-corrected chi connectivity index (χ2v) is 1.97. The van der Waals surface area contributed by atoms with Gasteiger partial charge in [0.25, 0.3) is 5.88 Å². The van der Waals surface area contributed by atoms with Crippen LogP contribution < -0.4 is 9.46 Å². The Morgan fingerprint density at radius 2 is 2.27 bits per heavy atom. The Labute approximate surface area is 67.4 Å². The summed E-state index contributed by atoms with van der Waals surface area (Å²) >= 11 is 0.202. The standard InChI is InChI=1S/C5H6N3O2S/c1-10-5-4(8-11-9)6-2-3-7-5/h2-3H,1H3,(H,6,8,9)/q+1. The van der Waals surface area contributed by atoms with Gasteiger partial charge in [0.05, 0.1) is 11.3 Å². The van der Waals surface area contributed by atoms with E-state index in [0.29, 0.717) is 11.7 Å². The number of ether oxygens (including phenoxy) is 1. The van der Waals surface area contributed by atoms with Crippen LogP contribution in [0, 0.1) is 0 Å². The minimum Gasteiger partial charge on any atom is -0.478 e. The molecule has 11 heavy (non-hydrogen) atoms. The van der Waals surface area contributed by atoms with Gasteiger partial charge in [0.15, 0.2) is 0 Å². The number of nitrogens with zero attached hydrogens (tertiary/aromatic N) is 2. The summed E-state index contributed by atoms with van der Waals surface area (Å²) in [6.07, 6.45) is 2.96. The first-order valence-corrected chi connectivity index (χ1v) is 3.52. The number of nitrogens with one attached hydrogen (secondary N) is 1. The zero-order valence-corrected chi connectivity index (χ0v) is 6.59. The maximum atomic E-state index is 10.0. The monoisotopic (exact) mass is 172 g/mol. The van der Waals surface area contributed by atoms with Gasteiger partial charge < -0.3 is 4.74 Å². The van der Waals surface area contributed by atoms with Gasteiger partial charge in [0, 0.05) is 12.4 Å². The van der Waals surface area contributed by atoms with Gasteiger partial charge >= 0.3 is 11.9 Å². The summed E-state index contributed by atoms with van der Waals surface area (Å²) in [6.45, 7) is 0. The molecule has 58 valence electrons. The lowest BCUT2D eigenvalue weighted by Gasteiger charge is -1.97. The number of methoxy groups -OCH3 is 1. The average molecular weight is 172 g/mol. The molecule has 0 amide bonds. The molecule has 0 spiro atoms. The van der Waals surface area contributed by atoms with E-state index in [0.717, 1.165) is 0 Å². The molecule has 0 aromatic carbocycles. The first-order valence-electron chi connectivity index (χ1n) is 2.78. The van der Waals surface area contributed by atoms with Gasteiger partial charge in [-0.2, -0.15) is 0 Å². The van der Waals surface area contributed by atoms with Crippen LogP contribution in [0.1, 0.15) is 0 Å². The van der Waals surface area contributed by atoms with Crippen molar-refractivity contribution in [1.29, 1.82) is 0 Å². The third-order valence-corrected chi connectivity index (χ3v) is 1.27. The first kappa shape index (κ1) is 7.80. The van der Waals surface area contributed by atoms with Crippen molar-refractivity contribution in [3.8, 4) is 5.88 Å². The Kier molecular flexibility index (Phi) is 2.67. The summed E-state index contributed by atoms with van der Waals surface area (Å²) in [5, 5.41) is 0. The summed E-state index contributed by atoms with van der Waals surface area (Å²) in [6, 6.07) is 0. The lowest BCUT2D eigenvalue weighted by molar-refractivity contribution is 0.398. The van der Waals surface area contributed by atoms with Crippen molar-refractivity contribution in [2.45, 2.75) is 0 Å². The lowest BCUT2D eigenvalue weighted by Crippen LogP contribution is -1.98. The maximum absolute atomic E-state index is 10.0. The van der Waals surface area contributed by atoms with E-state index in [1.54, 1.807) is 0 Å². The zero-order chi connectivity index (χ0) is 8.10. The molecule has 1 aromatic heterocycles. The van der Waals surface area contributed by atoms with Crippen molar-refractivity contribution in [3.05, 3.63) is 12.4 Å². The summed E-state index contributed by atoms with van der Waals surface area (Å²) < 4.78 is 17.2. The van der Waals surface area contributed by atoms with Crippen LogP contribution in [0.15, 0.2) is 12.4 Å². The quantitative estimate of drug-likeness (QED) is 0.524. The Balaban J connectivity index is 2.92. The Morgan fingerprint density at radius 1 is 1.55 bits per heavy atom. The zero-order valence-electron chi connectivity index (χ0n) is 5.77. The van der Waals surface area contributed by atoms with Crippen molar-refractivity contribution in [1.82, 2.24) is 9.97 Å². The van der Waals surface area contributed by atoms with E-state index in [1.165, 1.54) is 19.5 Å². The molecule has 0 aliphatic rings. The summed E-state index contributed by atoms with van der Waals surface area (Å²) in [7, 11) is 1.46. The molecule has 0 unspecified atom stereocenters. The van der Waals surface area contributed by atoms with Gasteiger partial charge in [-0.3, -0.25) is 0 Å². The van der Waals surface area contributed by atoms with E-state index in [4.69, 9.17) is 4.74 Å². The van der Waals surface area contributed by atoms with Crippen LogP contribution in [-0.2, 0) is 16.1 Å². The van der Waals surface area contributed by atoms with Crippen molar-refractivity contribution < 1.29 is 8.95 Å². The van der Waals surface area contributed by atoms with E-state index in [1.807, 2.05) is 0 Å². The van der Waals surface area contributed by atoms with Gasteiger partial charge in [-0.05, 0) is 0 Å². The maximum Gasteiger partial charge on any atom is 0.625 e. The minimum absolute atomic E-state index is 0.202. The lowest BCUT2D eigenvalue weighted by atomic mass is 10.6. The molecule has 1 N–H and O–H groups in total. The first-order chi connectivity index (χ1) is 5.38. The van der Waals surface area contributed by atoms with Crippen molar-refractivity contribution in [2.75, 3.05) is 11.8 Å². The second kappa shape index (κ2) is 3.77. The van der Waals surface area contributed by atoms with Crippen LogP contribution in [0.2, 0.25) is 0 Å². The predicted octanol–water partition coefficient (Wildman–Crippen LogP) is 0.240. The highest BCUT2D eigenvalue weighted by Crippen LogP contribution is 2.15. The van der Waals surface area contributed by atoms with Crippen molar-refractivity contribution >= 4 is 17.7 Å². The van der Waals surface area contributed by atoms with Crippen molar-refractivity contribution in [3.63, 3.8) is 0 Å². The molecular weight excluding hydrogens is 166 g/mol. The van der Waals surface area contributed by atoms with Crippen LogP contribution in [0.3, 0.4) is 0 Å². The molecule has 0 aliphatic heterocycles. The van der Waals surface area contributed by atoms with Gasteiger partial charge in [-0.25, -0.2) is 9.97 Å². The van der Waals surface area contributed by atoms with Crippen LogP contribution in [0.4, 0.5) is 5.82 Å². The van der Waals surface area contributed by atoms with E-state index in [2.05, 4.69) is 14.7 Å². The second-order valence-electron chi connectivity index (χ2n) is 1.60. The number of anilines is 1. The molecule has 1 heterocycles. The summed E-state index contributed by atoms with van der Waals surface area (Å²) in [5.41, 5.74) is 0. The van der Waals surface area contributed by atoms with Crippen LogP contribution >= 0.6 is 0 Å². The normalized spacial score (nSPS) is 8.82. The molecule has 0 atom stereocenters. The summed E-state index contributed by atoms with van der Waals surface area (Å²) in [4.78, 5) is 7.64. The number of rotatable bonds is 3. The fourth-order valence-electron chi connectivity index (χ4n) is 0.584. The minimum atomic E-state index is 0.202. The highest BCUT2D eigenvalue weighted by atomic mass is 32.2. The molecular formula is C5H6N3O2S+. The Hall–Kier alpha value is -1.30. The SMILES string of the molecule is COc1nccnc1N[S+]=O. The number of hydrogen-bond acceptors (Lipinski definition) is 4. The fraction of sp³-hybridized carbons (Fsp3) is 0.200. The van der Waals surface area contributed by atoms with Crippen LogP contribution in [0.25, 0.3) is 0 Å². The molecule has 5 nitrogen and oxygen atoms in total. The number of hydrogen-bond donors (Lipinski definition) is 1. The molecule has 0 saturated heterocycles. The van der Waals surface area contributed by atoms with E-state index in [-0.39, 0.29) is 11.9 Å². The highest BCUT2D eigenvalue weighted by molar-refractivity contribution is 7.67. The van der Waals surface area contributed by atoms with Gasteiger partial charge in [0.2, 0.25) is 5.82 Å². The van der Waals surface area contributed by atoms with Gasteiger partial charge in [-0.1, -0.05) is 4.72 Å². The molecule has 6 heteroatoms. The molecule has 0 saturated carbocycles. The third kappa shape index (κ3) is 1.81. The van der Waals surface area contributed by atoms with Gasteiger partial charge in [-0.15, -0.1) is 0 Å². The molecule has 0 radical (unpaired) electrons. The third-order valence-electron chi connectivity index (χ3n) is 0.996. The summed E-state index contributed by atoms with van der Waals surface area (Å²) in [5.74, 6) is 0.658. The topological polar surface area (TPSA) is 64.1 Å². The van der Waals surface area contributed by atoms with Crippen molar-refractivity contribution in [2.24, 2.45) is 0 Å². The van der Waals surface area contributed by atoms with E-state index in [9.17, 15) is 4.21 Å². The van der Waals surface area contributed by atoms with E-state index < -0.39 is 0 Å². The molecule has 0 aliphatic carbocycles. The van der Waals surface area contributed by atoms with Gasteiger partial charge in [0.1, 0.15) is 0 Å². The smallest absolute Gasteiger partial charge is 0.478 e. The van der Waals surface area contributed by atoms with Crippen LogP contribution in [-0.4, -0.2) is 17.1 Å². The fourth-order valence-corrected chi connectivity index (χ4v) is 0.803. The molecule has 1 aromatic rings. The largest absolute Gasteiger partial charge is 0.625 e. The predicted molar refractivity (Wildman–Crippen MR) is 40.3 cm³/mol. The highest BCUT2D eigenvalue weighted by Gasteiger charge is 2.09. The average Bonchev–Trinajstić information content (AvgIpc) is 2.06.